The van der Waals surface area contributed by atoms with Gasteiger partial charge in [0.25, 0.3) is 0 Å². The van der Waals surface area contributed by atoms with Gasteiger partial charge in [-0.3, -0.25) is 4.79 Å². The van der Waals surface area contributed by atoms with Gasteiger partial charge in [-0.05, 0) is 26.0 Å². The van der Waals surface area contributed by atoms with Crippen LogP contribution in [0.25, 0.3) is 0 Å². The average molecular weight is 237 g/mol. The van der Waals surface area contributed by atoms with Crippen LogP contribution in [0.1, 0.15) is 20.3 Å². The summed E-state index contributed by atoms with van der Waals surface area (Å²) in [5.41, 5.74) is 4.86. The van der Waals surface area contributed by atoms with Crippen LogP contribution in [-0.4, -0.2) is 24.7 Å². The van der Waals surface area contributed by atoms with E-state index in [1.807, 2.05) is 30.3 Å². The molecule has 1 rings (SSSR count). The van der Waals surface area contributed by atoms with Crippen molar-refractivity contribution in [1.29, 1.82) is 0 Å². The number of carbonyl (C=O) groups excluding carboxylic acids is 1. The number of ether oxygens (including phenoxy) is 2. The number of esters is 1. The molecule has 0 aromatic heterocycles. The Morgan fingerprint density at radius 1 is 1.35 bits per heavy atom. The molecule has 17 heavy (non-hydrogen) atoms. The van der Waals surface area contributed by atoms with Gasteiger partial charge in [0.1, 0.15) is 11.3 Å². The molecule has 0 fully saturated rings. The summed E-state index contributed by atoms with van der Waals surface area (Å²) in [5, 5.41) is 0. The monoisotopic (exact) mass is 237 g/mol. The summed E-state index contributed by atoms with van der Waals surface area (Å²) in [6, 6.07) is 9.42. The zero-order valence-electron chi connectivity index (χ0n) is 10.3. The number of carbonyl (C=O) groups is 1. The molecule has 1 aromatic rings. The highest BCUT2D eigenvalue weighted by Crippen LogP contribution is 2.12. The maximum atomic E-state index is 11.5. The van der Waals surface area contributed by atoms with E-state index in [-0.39, 0.29) is 0 Å². The summed E-state index contributed by atoms with van der Waals surface area (Å²) in [6.07, 6.45) is 0.417. The van der Waals surface area contributed by atoms with Crippen LogP contribution in [0.4, 0.5) is 0 Å². The van der Waals surface area contributed by atoms with Gasteiger partial charge in [0.2, 0.25) is 0 Å². The largest absolute Gasteiger partial charge is 0.494 e. The quantitative estimate of drug-likeness (QED) is 0.765. The lowest BCUT2D eigenvalue weighted by Crippen LogP contribution is -2.47. The van der Waals surface area contributed by atoms with E-state index in [9.17, 15) is 4.79 Å². The first-order valence-electron chi connectivity index (χ1n) is 5.70. The van der Waals surface area contributed by atoms with Gasteiger partial charge in [-0.2, -0.15) is 0 Å². The van der Waals surface area contributed by atoms with Gasteiger partial charge in [0.05, 0.1) is 13.2 Å². The third-order valence-corrected chi connectivity index (χ3v) is 2.38. The number of nitrogens with two attached hydrogens (primary N) is 1. The highest BCUT2D eigenvalue weighted by atomic mass is 16.5. The van der Waals surface area contributed by atoms with Crippen molar-refractivity contribution in [2.75, 3.05) is 13.2 Å². The summed E-state index contributed by atoms with van der Waals surface area (Å²) in [4.78, 5) is 11.5. The van der Waals surface area contributed by atoms with Gasteiger partial charge < -0.3 is 15.2 Å². The zero-order chi connectivity index (χ0) is 12.7. The van der Waals surface area contributed by atoms with E-state index in [4.69, 9.17) is 15.2 Å². The van der Waals surface area contributed by atoms with E-state index in [1.54, 1.807) is 13.8 Å². The van der Waals surface area contributed by atoms with E-state index in [0.717, 1.165) is 5.75 Å². The second-order valence-electron chi connectivity index (χ2n) is 4.05. The molecule has 0 aliphatic carbocycles. The highest BCUT2D eigenvalue weighted by Gasteiger charge is 2.29. The van der Waals surface area contributed by atoms with Crippen LogP contribution in [0, 0.1) is 0 Å². The molecule has 1 aromatic carbocycles. The summed E-state index contributed by atoms with van der Waals surface area (Å²) in [7, 11) is 0. The molecule has 0 saturated heterocycles. The Kier molecular flexibility index (Phi) is 4.97. The molecule has 0 radical (unpaired) electrons. The van der Waals surface area contributed by atoms with E-state index in [0.29, 0.717) is 19.6 Å². The van der Waals surface area contributed by atoms with Crippen molar-refractivity contribution in [3.8, 4) is 5.75 Å². The minimum Gasteiger partial charge on any atom is -0.494 e. The highest BCUT2D eigenvalue weighted by molar-refractivity contribution is 5.79. The normalized spacial score (nSPS) is 13.8. The number of hydrogen-bond donors (Lipinski definition) is 1. The van der Waals surface area contributed by atoms with Gasteiger partial charge in [-0.1, -0.05) is 18.2 Å². The summed E-state index contributed by atoms with van der Waals surface area (Å²) >= 11 is 0. The Balaban J connectivity index is 2.37. The Bertz CT molecular complexity index is 349. The maximum absolute atomic E-state index is 11.5. The van der Waals surface area contributed by atoms with Crippen LogP contribution < -0.4 is 10.5 Å². The zero-order valence-corrected chi connectivity index (χ0v) is 10.3. The van der Waals surface area contributed by atoms with E-state index >= 15 is 0 Å². The SMILES string of the molecule is CCOC(=O)C(C)(N)CCOc1ccccc1. The van der Waals surface area contributed by atoms with Crippen molar-refractivity contribution < 1.29 is 14.3 Å². The molecular formula is C13H19NO3. The predicted molar refractivity (Wildman–Crippen MR) is 65.8 cm³/mol. The molecule has 0 bridgehead atoms. The predicted octanol–water partition coefficient (Wildman–Crippen LogP) is 1.74. The fourth-order valence-corrected chi connectivity index (χ4v) is 1.30. The third-order valence-electron chi connectivity index (χ3n) is 2.38. The average Bonchev–Trinajstić information content (AvgIpc) is 2.30. The Morgan fingerprint density at radius 2 is 2.00 bits per heavy atom. The molecule has 2 N–H and O–H groups in total. The van der Waals surface area contributed by atoms with Gasteiger partial charge in [0, 0.05) is 6.42 Å². The van der Waals surface area contributed by atoms with Crippen molar-refractivity contribution in [3.63, 3.8) is 0 Å². The van der Waals surface area contributed by atoms with Gasteiger partial charge in [-0.15, -0.1) is 0 Å². The van der Waals surface area contributed by atoms with E-state index in [1.165, 1.54) is 0 Å². The van der Waals surface area contributed by atoms with Crippen LogP contribution in [0.5, 0.6) is 5.75 Å². The fourth-order valence-electron chi connectivity index (χ4n) is 1.30. The summed E-state index contributed by atoms with van der Waals surface area (Å²) < 4.78 is 10.4. The van der Waals surface area contributed by atoms with E-state index < -0.39 is 11.5 Å². The number of hydrogen-bond acceptors (Lipinski definition) is 4. The van der Waals surface area contributed by atoms with Crippen LogP contribution in [0.3, 0.4) is 0 Å². The first-order chi connectivity index (χ1) is 8.06. The molecular weight excluding hydrogens is 218 g/mol. The van der Waals surface area contributed by atoms with Gasteiger partial charge >= 0.3 is 5.97 Å². The first kappa shape index (κ1) is 13.5. The van der Waals surface area contributed by atoms with Crippen LogP contribution in [0.15, 0.2) is 30.3 Å². The van der Waals surface area contributed by atoms with Crippen molar-refractivity contribution in [2.45, 2.75) is 25.8 Å². The smallest absolute Gasteiger partial charge is 0.325 e. The Hall–Kier alpha value is -1.55. The van der Waals surface area contributed by atoms with Gasteiger partial charge in [0.15, 0.2) is 0 Å². The van der Waals surface area contributed by atoms with Crippen LogP contribution in [0.2, 0.25) is 0 Å². The summed E-state index contributed by atoms with van der Waals surface area (Å²) in [6.45, 7) is 4.13. The number of rotatable bonds is 6. The maximum Gasteiger partial charge on any atom is 0.325 e. The molecule has 0 aliphatic heterocycles. The number of para-hydroxylation sites is 1. The van der Waals surface area contributed by atoms with Crippen molar-refractivity contribution in [2.24, 2.45) is 5.73 Å². The molecule has 0 spiro atoms. The van der Waals surface area contributed by atoms with Crippen molar-refractivity contribution in [1.82, 2.24) is 0 Å². The van der Waals surface area contributed by atoms with Crippen LogP contribution >= 0.6 is 0 Å². The molecule has 0 aliphatic rings. The van der Waals surface area contributed by atoms with Crippen molar-refractivity contribution in [3.05, 3.63) is 30.3 Å². The second kappa shape index (κ2) is 6.25. The molecule has 4 heteroatoms. The molecule has 1 unspecified atom stereocenters. The fraction of sp³-hybridized carbons (Fsp3) is 0.462. The lowest BCUT2D eigenvalue weighted by atomic mass is 10.0. The molecule has 94 valence electrons. The molecule has 0 heterocycles. The van der Waals surface area contributed by atoms with Crippen molar-refractivity contribution >= 4 is 5.97 Å². The second-order valence-corrected chi connectivity index (χ2v) is 4.05. The molecule has 4 nitrogen and oxygen atoms in total. The number of benzene rings is 1. The third kappa shape index (κ3) is 4.44. The summed E-state index contributed by atoms with van der Waals surface area (Å²) in [5.74, 6) is 0.379. The lowest BCUT2D eigenvalue weighted by molar-refractivity contribution is -0.149. The Morgan fingerprint density at radius 3 is 2.59 bits per heavy atom. The minimum absolute atomic E-state index is 0.338. The molecule has 0 amide bonds. The minimum atomic E-state index is -0.995. The Labute approximate surface area is 102 Å². The molecule has 1 atom stereocenters. The standard InChI is InChI=1S/C13H19NO3/c1-3-16-12(15)13(2,14)9-10-17-11-7-5-4-6-8-11/h4-8H,3,9-10,14H2,1-2H3. The van der Waals surface area contributed by atoms with E-state index in [2.05, 4.69) is 0 Å². The van der Waals surface area contributed by atoms with Crippen LogP contribution in [-0.2, 0) is 9.53 Å². The first-order valence-corrected chi connectivity index (χ1v) is 5.70. The molecule has 0 saturated carbocycles. The topological polar surface area (TPSA) is 61.5 Å². The van der Waals surface area contributed by atoms with Gasteiger partial charge in [-0.25, -0.2) is 0 Å². The lowest BCUT2D eigenvalue weighted by Gasteiger charge is -2.22.